The number of nitrogens with zero attached hydrogens (tertiary/aromatic N) is 1. The number of ether oxygens (including phenoxy) is 1. The predicted octanol–water partition coefficient (Wildman–Crippen LogP) is 3.32. The number of carbonyl (C=O) groups excluding carboxylic acids is 1. The molecule has 4 nitrogen and oxygen atoms in total. The molecule has 116 valence electrons. The van der Waals surface area contributed by atoms with Crippen LogP contribution < -0.4 is 5.56 Å². The summed E-state index contributed by atoms with van der Waals surface area (Å²) in [7, 11) is 2.71. The molecule has 2 rings (SSSR count). The minimum absolute atomic E-state index is 0.0620. The second-order valence-electron chi connectivity index (χ2n) is 4.62. The summed E-state index contributed by atoms with van der Waals surface area (Å²) >= 11 is 9.01. The van der Waals surface area contributed by atoms with Gasteiger partial charge in [-0.1, -0.05) is 33.6 Å². The Morgan fingerprint density at radius 1 is 1.41 bits per heavy atom. The summed E-state index contributed by atoms with van der Waals surface area (Å²) in [5.74, 6) is -1.07. The molecule has 0 bridgehead atoms. The molecule has 0 aliphatic heterocycles. The highest BCUT2D eigenvalue weighted by Crippen LogP contribution is 2.21. The molecule has 0 aliphatic rings. The highest BCUT2D eigenvalue weighted by atomic mass is 79.9. The maximum absolute atomic E-state index is 14.0. The maximum Gasteiger partial charge on any atom is 0.339 e. The van der Waals surface area contributed by atoms with Gasteiger partial charge in [-0.05, 0) is 23.8 Å². The van der Waals surface area contributed by atoms with Gasteiger partial charge in [0.2, 0.25) is 0 Å². The van der Waals surface area contributed by atoms with E-state index < -0.39 is 17.3 Å². The van der Waals surface area contributed by atoms with E-state index in [1.54, 1.807) is 12.1 Å². The van der Waals surface area contributed by atoms with Gasteiger partial charge in [-0.15, -0.1) is 0 Å². The Morgan fingerprint density at radius 3 is 2.68 bits per heavy atom. The molecular weight excluding hydrogens is 377 g/mol. The molecule has 0 saturated carbocycles. The molecule has 22 heavy (non-hydrogen) atoms. The number of carbonyl (C=O) groups is 1. The Bertz CT molecular complexity index is 804. The van der Waals surface area contributed by atoms with Crippen molar-refractivity contribution in [3.63, 3.8) is 0 Å². The van der Waals surface area contributed by atoms with Crippen LogP contribution in [-0.4, -0.2) is 17.6 Å². The molecule has 0 saturated heterocycles. The third kappa shape index (κ3) is 3.23. The Kier molecular flexibility index (Phi) is 5.03. The van der Waals surface area contributed by atoms with Crippen LogP contribution in [-0.2, 0) is 18.2 Å². The lowest BCUT2D eigenvalue weighted by Gasteiger charge is -2.14. The number of aromatic nitrogens is 1. The van der Waals surface area contributed by atoms with Crippen LogP contribution in [0.2, 0.25) is 5.02 Å². The van der Waals surface area contributed by atoms with E-state index in [0.717, 1.165) is 0 Å². The molecule has 0 aliphatic carbocycles. The van der Waals surface area contributed by atoms with Gasteiger partial charge in [-0.25, -0.2) is 9.18 Å². The van der Waals surface area contributed by atoms with E-state index >= 15 is 0 Å². The summed E-state index contributed by atoms with van der Waals surface area (Å²) in [4.78, 5) is 23.8. The smallest absolute Gasteiger partial charge is 0.339 e. The Balaban J connectivity index is 2.60. The fourth-order valence-electron chi connectivity index (χ4n) is 2.08. The monoisotopic (exact) mass is 387 g/mol. The molecule has 1 aromatic carbocycles. The van der Waals surface area contributed by atoms with E-state index in [0.29, 0.717) is 15.7 Å². The second kappa shape index (κ2) is 6.62. The summed E-state index contributed by atoms with van der Waals surface area (Å²) in [6.07, 6.45) is 0.0620. The zero-order valence-corrected chi connectivity index (χ0v) is 14.2. The summed E-state index contributed by atoms with van der Waals surface area (Å²) in [6, 6.07) is 5.84. The molecular formula is C15H12BrClFNO3. The first-order valence-corrected chi connectivity index (χ1v) is 7.43. The largest absolute Gasteiger partial charge is 0.465 e. The van der Waals surface area contributed by atoms with Crippen molar-refractivity contribution in [3.8, 4) is 0 Å². The fraction of sp³-hybridized carbons (Fsp3) is 0.200. The van der Waals surface area contributed by atoms with Gasteiger partial charge in [-0.3, -0.25) is 4.79 Å². The molecule has 0 spiro atoms. The average molecular weight is 389 g/mol. The first kappa shape index (κ1) is 16.7. The van der Waals surface area contributed by atoms with Crippen molar-refractivity contribution in [1.82, 2.24) is 4.57 Å². The first-order chi connectivity index (χ1) is 10.3. The van der Waals surface area contributed by atoms with Crippen LogP contribution in [0.5, 0.6) is 0 Å². The molecule has 0 fully saturated rings. The zero-order chi connectivity index (χ0) is 16.4. The van der Waals surface area contributed by atoms with E-state index in [9.17, 15) is 14.0 Å². The molecule has 0 radical (unpaired) electrons. The van der Waals surface area contributed by atoms with Gasteiger partial charge in [-0.2, -0.15) is 0 Å². The Hall–Kier alpha value is -1.66. The van der Waals surface area contributed by atoms with Gasteiger partial charge in [0.1, 0.15) is 10.8 Å². The molecule has 7 heteroatoms. The summed E-state index contributed by atoms with van der Waals surface area (Å²) in [5.41, 5.74) is 0.368. The topological polar surface area (TPSA) is 48.3 Å². The molecule has 0 unspecified atom stereocenters. The quantitative estimate of drug-likeness (QED) is 0.758. The van der Waals surface area contributed by atoms with Gasteiger partial charge < -0.3 is 9.30 Å². The minimum atomic E-state index is -0.634. The third-order valence-corrected chi connectivity index (χ3v) is 4.04. The number of pyridine rings is 1. The van der Waals surface area contributed by atoms with Crippen molar-refractivity contribution in [3.05, 3.63) is 66.8 Å². The number of esters is 1. The first-order valence-electron chi connectivity index (χ1n) is 6.25. The Labute approximate surface area is 139 Å². The SMILES string of the molecule is COC(=O)c1cc(Cl)c(=O)n(C)c1Cc1ccc(Br)cc1F. The number of methoxy groups -OCH3 is 1. The standard InChI is InChI=1S/C15H12BrClFNO3/c1-19-13(5-8-3-4-9(16)6-12(8)18)10(15(21)22-2)7-11(17)14(19)20/h3-4,6-7H,5H2,1-2H3. The average Bonchev–Trinajstić information content (AvgIpc) is 2.49. The van der Waals surface area contributed by atoms with Crippen LogP contribution in [0.4, 0.5) is 4.39 Å². The van der Waals surface area contributed by atoms with E-state index in [2.05, 4.69) is 15.9 Å². The lowest BCUT2D eigenvalue weighted by molar-refractivity contribution is 0.0598. The van der Waals surface area contributed by atoms with Gasteiger partial charge in [0.05, 0.1) is 12.7 Å². The molecule has 1 aromatic heterocycles. The number of benzene rings is 1. The maximum atomic E-state index is 14.0. The molecule has 1 heterocycles. The van der Waals surface area contributed by atoms with Crippen LogP contribution in [0.15, 0.2) is 33.5 Å². The lowest BCUT2D eigenvalue weighted by atomic mass is 10.0. The summed E-state index contributed by atoms with van der Waals surface area (Å²) in [6.45, 7) is 0. The zero-order valence-electron chi connectivity index (χ0n) is 11.8. The number of hydrogen-bond donors (Lipinski definition) is 0. The highest BCUT2D eigenvalue weighted by Gasteiger charge is 2.19. The van der Waals surface area contributed by atoms with Crippen LogP contribution >= 0.6 is 27.5 Å². The van der Waals surface area contributed by atoms with Crippen LogP contribution in [0.3, 0.4) is 0 Å². The van der Waals surface area contributed by atoms with Crippen LogP contribution in [0.25, 0.3) is 0 Å². The van der Waals surface area contributed by atoms with Crippen molar-refractivity contribution in [1.29, 1.82) is 0 Å². The van der Waals surface area contributed by atoms with Crippen molar-refractivity contribution in [2.45, 2.75) is 6.42 Å². The molecule has 0 atom stereocenters. The highest BCUT2D eigenvalue weighted by molar-refractivity contribution is 9.10. The number of hydrogen-bond acceptors (Lipinski definition) is 3. The van der Waals surface area contributed by atoms with E-state index in [4.69, 9.17) is 16.3 Å². The van der Waals surface area contributed by atoms with Gasteiger partial charge in [0.25, 0.3) is 5.56 Å². The van der Waals surface area contributed by atoms with Gasteiger partial charge in [0, 0.05) is 23.6 Å². The van der Waals surface area contributed by atoms with Gasteiger partial charge in [0.15, 0.2) is 0 Å². The fourth-order valence-corrected chi connectivity index (χ4v) is 2.65. The molecule has 0 N–H and O–H groups in total. The molecule has 0 amide bonds. The van der Waals surface area contributed by atoms with Crippen LogP contribution in [0.1, 0.15) is 21.6 Å². The lowest BCUT2D eigenvalue weighted by Crippen LogP contribution is -2.25. The molecule has 2 aromatic rings. The summed E-state index contributed by atoms with van der Waals surface area (Å²) < 4.78 is 20.5. The van der Waals surface area contributed by atoms with Crippen molar-refractivity contribution >= 4 is 33.5 Å². The van der Waals surface area contributed by atoms with E-state index in [1.807, 2.05) is 0 Å². The minimum Gasteiger partial charge on any atom is -0.465 e. The van der Waals surface area contributed by atoms with Gasteiger partial charge >= 0.3 is 5.97 Å². The van der Waals surface area contributed by atoms with Crippen LogP contribution in [0, 0.1) is 5.82 Å². The van der Waals surface area contributed by atoms with E-state index in [1.165, 1.54) is 30.9 Å². The Morgan fingerprint density at radius 2 is 2.09 bits per heavy atom. The summed E-state index contributed by atoms with van der Waals surface area (Å²) in [5, 5.41) is -0.0945. The number of rotatable bonds is 3. The van der Waals surface area contributed by atoms with Crippen molar-refractivity contribution < 1.29 is 13.9 Å². The number of halogens is 3. The second-order valence-corrected chi connectivity index (χ2v) is 5.94. The third-order valence-electron chi connectivity index (χ3n) is 3.27. The van der Waals surface area contributed by atoms with E-state index in [-0.39, 0.29) is 17.0 Å². The van der Waals surface area contributed by atoms with Crippen molar-refractivity contribution in [2.24, 2.45) is 7.05 Å². The van der Waals surface area contributed by atoms with Crippen molar-refractivity contribution in [2.75, 3.05) is 7.11 Å². The normalized spacial score (nSPS) is 10.6. The predicted molar refractivity (Wildman–Crippen MR) is 84.9 cm³/mol.